The lowest BCUT2D eigenvalue weighted by atomic mass is 9.75. The van der Waals surface area contributed by atoms with E-state index in [9.17, 15) is 0 Å². The molecule has 0 aliphatic heterocycles. The lowest BCUT2D eigenvalue weighted by molar-refractivity contribution is 0.236. The number of nitrogens with one attached hydrogen (secondary N) is 1. The van der Waals surface area contributed by atoms with Gasteiger partial charge < -0.3 is 19.2 Å². The molecule has 24 heavy (non-hydrogen) atoms. The molecular weight excluding hydrogens is 302 g/mol. The van der Waals surface area contributed by atoms with Crippen LogP contribution in [0.1, 0.15) is 43.2 Å². The molecule has 0 saturated carbocycles. The Morgan fingerprint density at radius 3 is 2.71 bits per heavy atom. The number of hydrogen-bond acceptors (Lipinski definition) is 4. The van der Waals surface area contributed by atoms with Gasteiger partial charge in [0.2, 0.25) is 0 Å². The monoisotopic (exact) mass is 329 g/mol. The van der Waals surface area contributed by atoms with Crippen LogP contribution in [0.5, 0.6) is 11.5 Å². The van der Waals surface area contributed by atoms with Gasteiger partial charge in [0.15, 0.2) is 11.5 Å². The van der Waals surface area contributed by atoms with Crippen LogP contribution in [0, 0.1) is 5.41 Å². The van der Waals surface area contributed by atoms with Crippen LogP contribution in [0.2, 0.25) is 0 Å². The van der Waals surface area contributed by atoms with E-state index in [2.05, 4.69) is 37.4 Å². The predicted octanol–water partition coefficient (Wildman–Crippen LogP) is 4.14. The highest BCUT2D eigenvalue weighted by atomic mass is 16.5. The first-order valence-corrected chi connectivity index (χ1v) is 8.53. The van der Waals surface area contributed by atoms with E-state index in [-0.39, 0.29) is 5.41 Å². The first kappa shape index (κ1) is 16.9. The molecule has 0 amide bonds. The molecular formula is C20H27NO3. The van der Waals surface area contributed by atoms with Crippen molar-refractivity contribution in [3.63, 3.8) is 0 Å². The number of furan rings is 1. The molecule has 130 valence electrons. The van der Waals surface area contributed by atoms with Crippen LogP contribution >= 0.6 is 0 Å². The first-order valence-electron chi connectivity index (χ1n) is 8.53. The second-order valence-electron chi connectivity index (χ2n) is 7.29. The predicted molar refractivity (Wildman–Crippen MR) is 94.8 cm³/mol. The van der Waals surface area contributed by atoms with Crippen LogP contribution in [0.3, 0.4) is 0 Å². The van der Waals surface area contributed by atoms with Gasteiger partial charge in [-0.15, -0.1) is 0 Å². The Balaban J connectivity index is 1.63. The highest BCUT2D eigenvalue weighted by Gasteiger charge is 2.33. The summed E-state index contributed by atoms with van der Waals surface area (Å²) in [6.45, 7) is 5.53. The minimum absolute atomic E-state index is 0.270. The quantitative estimate of drug-likeness (QED) is 0.865. The van der Waals surface area contributed by atoms with E-state index in [0.29, 0.717) is 6.04 Å². The van der Waals surface area contributed by atoms with Gasteiger partial charge in [-0.05, 0) is 48.6 Å². The normalized spacial score (nSPS) is 18.9. The summed E-state index contributed by atoms with van der Waals surface area (Å²) in [4.78, 5) is 0. The lowest BCUT2D eigenvalue weighted by Crippen LogP contribution is -2.33. The molecule has 2 aromatic rings. The van der Waals surface area contributed by atoms with E-state index in [0.717, 1.165) is 43.1 Å². The number of fused-ring (bicyclic) bond motifs is 1. The Kier molecular flexibility index (Phi) is 4.86. The number of benzene rings is 1. The Morgan fingerprint density at radius 2 is 1.96 bits per heavy atom. The Bertz CT molecular complexity index is 690. The molecule has 0 spiro atoms. The summed E-state index contributed by atoms with van der Waals surface area (Å²) in [5.41, 5.74) is 2.83. The molecule has 1 unspecified atom stereocenters. The van der Waals surface area contributed by atoms with Crippen molar-refractivity contribution in [3.8, 4) is 11.5 Å². The van der Waals surface area contributed by atoms with Gasteiger partial charge in [-0.2, -0.15) is 0 Å². The van der Waals surface area contributed by atoms with E-state index in [1.807, 2.05) is 12.3 Å². The highest BCUT2D eigenvalue weighted by molar-refractivity contribution is 5.43. The van der Waals surface area contributed by atoms with E-state index < -0.39 is 0 Å². The molecule has 1 aliphatic carbocycles. The maximum absolute atomic E-state index is 5.67. The summed E-state index contributed by atoms with van der Waals surface area (Å²) in [5, 5.41) is 3.70. The van der Waals surface area contributed by atoms with Crippen molar-refractivity contribution in [1.82, 2.24) is 5.32 Å². The molecule has 0 fully saturated rings. The summed E-state index contributed by atoms with van der Waals surface area (Å²) in [7, 11) is 3.33. The van der Waals surface area contributed by atoms with Gasteiger partial charge >= 0.3 is 0 Å². The summed E-state index contributed by atoms with van der Waals surface area (Å²) in [6.07, 6.45) is 4.91. The molecule has 1 aromatic heterocycles. The molecule has 0 radical (unpaired) electrons. The molecule has 1 aliphatic rings. The number of hydrogen-bond donors (Lipinski definition) is 1. The number of rotatable bonds is 6. The molecule has 3 rings (SSSR count). The van der Waals surface area contributed by atoms with E-state index >= 15 is 0 Å². The summed E-state index contributed by atoms with van der Waals surface area (Å²) >= 11 is 0. The van der Waals surface area contributed by atoms with Gasteiger partial charge in [0.25, 0.3) is 0 Å². The minimum Gasteiger partial charge on any atom is -0.493 e. The summed E-state index contributed by atoms with van der Waals surface area (Å²) < 4.78 is 16.3. The second-order valence-corrected chi connectivity index (χ2v) is 7.29. The van der Waals surface area contributed by atoms with Gasteiger partial charge in [-0.1, -0.05) is 19.9 Å². The smallest absolute Gasteiger partial charge is 0.160 e. The third-order valence-electron chi connectivity index (χ3n) is 4.80. The molecule has 1 N–H and O–H groups in total. The topological polar surface area (TPSA) is 43.6 Å². The summed E-state index contributed by atoms with van der Waals surface area (Å²) in [5.74, 6) is 2.69. The van der Waals surface area contributed by atoms with E-state index in [4.69, 9.17) is 13.9 Å². The fourth-order valence-corrected chi connectivity index (χ4v) is 3.58. The van der Waals surface area contributed by atoms with Crippen LogP contribution in [0.15, 0.2) is 34.9 Å². The van der Waals surface area contributed by atoms with Crippen molar-refractivity contribution < 1.29 is 13.9 Å². The molecule has 1 aromatic carbocycles. The van der Waals surface area contributed by atoms with Crippen molar-refractivity contribution in [2.24, 2.45) is 5.41 Å². The zero-order valence-electron chi connectivity index (χ0n) is 15.0. The van der Waals surface area contributed by atoms with Gasteiger partial charge in [-0.3, -0.25) is 0 Å². The fraction of sp³-hybridized carbons (Fsp3) is 0.500. The van der Waals surface area contributed by atoms with Crippen LogP contribution in [0.4, 0.5) is 0 Å². The maximum Gasteiger partial charge on any atom is 0.160 e. The molecule has 0 saturated heterocycles. The lowest BCUT2D eigenvalue weighted by Gasteiger charge is -2.35. The zero-order chi connectivity index (χ0) is 17.2. The minimum atomic E-state index is 0.270. The van der Waals surface area contributed by atoms with E-state index in [1.165, 1.54) is 11.1 Å². The molecule has 4 heteroatoms. The number of ether oxygens (including phenoxy) is 2. The average molecular weight is 329 g/mol. The van der Waals surface area contributed by atoms with Gasteiger partial charge in [0.05, 0.1) is 20.5 Å². The molecule has 4 nitrogen and oxygen atoms in total. The van der Waals surface area contributed by atoms with E-state index in [1.54, 1.807) is 14.2 Å². The van der Waals surface area contributed by atoms with Crippen molar-refractivity contribution in [2.45, 2.75) is 39.2 Å². The highest BCUT2D eigenvalue weighted by Crippen LogP contribution is 2.41. The van der Waals surface area contributed by atoms with Crippen molar-refractivity contribution in [2.75, 3.05) is 20.8 Å². The largest absolute Gasteiger partial charge is 0.493 e. The maximum atomic E-state index is 5.67. The van der Waals surface area contributed by atoms with Crippen molar-refractivity contribution >= 4 is 0 Å². The third-order valence-corrected chi connectivity index (χ3v) is 4.80. The van der Waals surface area contributed by atoms with Gasteiger partial charge in [-0.25, -0.2) is 0 Å². The first-order chi connectivity index (χ1) is 11.5. The zero-order valence-corrected chi connectivity index (χ0v) is 15.0. The van der Waals surface area contributed by atoms with Crippen LogP contribution < -0.4 is 14.8 Å². The average Bonchev–Trinajstić information content (AvgIpc) is 3.01. The Hall–Kier alpha value is -1.94. The second kappa shape index (κ2) is 6.89. The SMILES string of the molecule is COc1ccc(CCNC2CC(C)(C)Cc3occc32)cc1OC. The number of methoxy groups -OCH3 is 2. The summed E-state index contributed by atoms with van der Waals surface area (Å²) in [6, 6.07) is 8.58. The third kappa shape index (κ3) is 3.59. The van der Waals surface area contributed by atoms with Crippen LogP contribution in [0.25, 0.3) is 0 Å². The fourth-order valence-electron chi connectivity index (χ4n) is 3.58. The van der Waals surface area contributed by atoms with Crippen LogP contribution in [-0.4, -0.2) is 20.8 Å². The van der Waals surface area contributed by atoms with Gasteiger partial charge in [0.1, 0.15) is 5.76 Å². The molecule has 1 atom stereocenters. The molecule has 0 bridgehead atoms. The van der Waals surface area contributed by atoms with Crippen molar-refractivity contribution in [3.05, 3.63) is 47.4 Å². The Morgan fingerprint density at radius 1 is 1.17 bits per heavy atom. The molecule has 1 heterocycles. The van der Waals surface area contributed by atoms with Crippen LogP contribution in [-0.2, 0) is 12.8 Å². The standard InChI is InChI=1S/C20H27NO3/c1-20(2)12-16(15-8-10-24-19(15)13-20)21-9-7-14-5-6-17(22-3)18(11-14)23-4/h5-6,8,10-11,16,21H,7,9,12-13H2,1-4H3. The Labute approximate surface area is 144 Å². The van der Waals surface area contributed by atoms with Gasteiger partial charge in [0, 0.05) is 18.0 Å². The van der Waals surface area contributed by atoms with Crippen molar-refractivity contribution in [1.29, 1.82) is 0 Å².